The third-order valence-corrected chi connectivity index (χ3v) is 1.65. The third-order valence-electron chi connectivity index (χ3n) is 1.52. The Morgan fingerprint density at radius 2 is 2.06 bits per heavy atom. The molecule has 0 aliphatic heterocycles. The van der Waals surface area contributed by atoms with Gasteiger partial charge in [-0.1, -0.05) is 11.8 Å². The number of hydrogen-bond donors (Lipinski definition) is 1. The van der Waals surface area contributed by atoms with Gasteiger partial charge >= 0.3 is 6.36 Å². The van der Waals surface area contributed by atoms with Crippen molar-refractivity contribution in [2.24, 2.45) is 0 Å². The molecule has 0 aromatic heterocycles. The van der Waals surface area contributed by atoms with Crippen LogP contribution in [-0.2, 0) is 0 Å². The van der Waals surface area contributed by atoms with Crippen LogP contribution >= 0.6 is 11.6 Å². The number of nitrogen functional groups attached to an aromatic ring is 1. The summed E-state index contributed by atoms with van der Waals surface area (Å²) >= 11 is 5.31. The minimum Gasteiger partial charge on any atom is -0.404 e. The Kier molecular flexibility index (Phi) is 3.91. The highest BCUT2D eigenvalue weighted by Gasteiger charge is 2.31. The summed E-state index contributed by atoms with van der Waals surface area (Å²) < 4.78 is 39.8. The van der Waals surface area contributed by atoms with Crippen LogP contribution in [0.5, 0.6) is 5.75 Å². The molecule has 16 heavy (non-hydrogen) atoms. The van der Waals surface area contributed by atoms with Gasteiger partial charge in [-0.2, -0.15) is 0 Å². The van der Waals surface area contributed by atoms with E-state index in [1.807, 2.05) is 0 Å². The molecular weight excluding hydrogens is 243 g/mol. The molecule has 0 spiro atoms. The van der Waals surface area contributed by atoms with Gasteiger partial charge in [-0.05, 0) is 18.2 Å². The zero-order valence-electron chi connectivity index (χ0n) is 7.94. The number of nitrogens with two attached hydrogens (primary N) is 1. The van der Waals surface area contributed by atoms with Crippen LogP contribution in [0.4, 0.5) is 18.9 Å². The molecule has 1 rings (SSSR count). The SMILES string of the molecule is Nc1ccc(OC(F)(F)F)c(C#CCCl)c1. The maximum absolute atomic E-state index is 12.0. The molecule has 0 saturated carbocycles. The average Bonchev–Trinajstić information content (AvgIpc) is 2.16. The van der Waals surface area contributed by atoms with E-state index in [1.165, 1.54) is 12.1 Å². The molecule has 0 aliphatic rings. The Hall–Kier alpha value is -1.54. The maximum atomic E-state index is 12.0. The van der Waals surface area contributed by atoms with Crippen LogP contribution in [0, 0.1) is 11.8 Å². The summed E-state index contributed by atoms with van der Waals surface area (Å²) in [5.74, 6) is 4.49. The molecule has 2 N–H and O–H groups in total. The Balaban J connectivity index is 3.08. The van der Waals surface area contributed by atoms with Gasteiger partial charge < -0.3 is 10.5 Å². The minimum atomic E-state index is -4.76. The summed E-state index contributed by atoms with van der Waals surface area (Å²) in [7, 11) is 0. The molecule has 0 atom stereocenters. The van der Waals surface area contributed by atoms with Gasteiger partial charge in [0.25, 0.3) is 0 Å². The predicted molar refractivity (Wildman–Crippen MR) is 55.1 cm³/mol. The Labute approximate surface area is 95.1 Å². The van der Waals surface area contributed by atoms with Crippen molar-refractivity contribution >= 4 is 17.3 Å². The van der Waals surface area contributed by atoms with E-state index in [4.69, 9.17) is 17.3 Å². The number of halogens is 4. The second-order valence-corrected chi connectivity index (χ2v) is 3.01. The molecule has 0 heterocycles. The fourth-order valence-electron chi connectivity index (χ4n) is 0.988. The fraction of sp³-hybridized carbons (Fsp3) is 0.200. The molecule has 0 unspecified atom stereocenters. The lowest BCUT2D eigenvalue weighted by Crippen LogP contribution is -2.17. The Bertz CT molecular complexity index is 434. The quantitative estimate of drug-likeness (QED) is 0.472. The highest BCUT2D eigenvalue weighted by atomic mass is 35.5. The topological polar surface area (TPSA) is 35.2 Å². The predicted octanol–water partition coefficient (Wildman–Crippen LogP) is 2.76. The number of hydrogen-bond acceptors (Lipinski definition) is 2. The van der Waals surface area contributed by atoms with Crippen LogP contribution in [0.3, 0.4) is 0 Å². The fourth-order valence-corrected chi connectivity index (χ4v) is 1.05. The van der Waals surface area contributed by atoms with Gasteiger partial charge in [-0.15, -0.1) is 24.8 Å². The number of benzene rings is 1. The van der Waals surface area contributed by atoms with Crippen LogP contribution in [0.15, 0.2) is 18.2 Å². The van der Waals surface area contributed by atoms with Crippen molar-refractivity contribution in [3.05, 3.63) is 23.8 Å². The van der Waals surface area contributed by atoms with Gasteiger partial charge in [-0.25, -0.2) is 0 Å². The normalized spacial score (nSPS) is 10.5. The maximum Gasteiger partial charge on any atom is 0.573 e. The van der Waals surface area contributed by atoms with E-state index >= 15 is 0 Å². The summed E-state index contributed by atoms with van der Waals surface area (Å²) in [6, 6.07) is 3.70. The molecule has 0 saturated heterocycles. The molecule has 1 aromatic carbocycles. The first-order valence-electron chi connectivity index (χ1n) is 4.12. The molecule has 2 nitrogen and oxygen atoms in total. The van der Waals surface area contributed by atoms with Gasteiger partial charge in [0.2, 0.25) is 0 Å². The van der Waals surface area contributed by atoms with Crippen molar-refractivity contribution in [3.8, 4) is 17.6 Å². The van der Waals surface area contributed by atoms with E-state index in [0.717, 1.165) is 6.07 Å². The number of rotatable bonds is 1. The van der Waals surface area contributed by atoms with Gasteiger partial charge in [0, 0.05) is 5.69 Å². The number of ether oxygens (including phenoxy) is 1. The lowest BCUT2D eigenvalue weighted by molar-refractivity contribution is -0.274. The van der Waals surface area contributed by atoms with Gasteiger partial charge in [-0.3, -0.25) is 0 Å². The first-order chi connectivity index (χ1) is 7.42. The molecular formula is C10H7ClF3NO. The highest BCUT2D eigenvalue weighted by Crippen LogP contribution is 2.27. The Morgan fingerprint density at radius 3 is 2.62 bits per heavy atom. The second kappa shape index (κ2) is 4.99. The van der Waals surface area contributed by atoms with Crippen molar-refractivity contribution in [1.82, 2.24) is 0 Å². The summed E-state index contributed by atoms with van der Waals surface area (Å²) in [6.07, 6.45) is -4.76. The lowest BCUT2D eigenvalue weighted by atomic mass is 10.2. The molecule has 0 radical (unpaired) electrons. The summed E-state index contributed by atoms with van der Waals surface area (Å²) in [5.41, 5.74) is 5.78. The molecule has 6 heteroatoms. The smallest absolute Gasteiger partial charge is 0.404 e. The largest absolute Gasteiger partial charge is 0.573 e. The van der Waals surface area contributed by atoms with Crippen LogP contribution in [0.25, 0.3) is 0 Å². The molecule has 1 aromatic rings. The molecule has 0 amide bonds. The van der Waals surface area contributed by atoms with Crippen LogP contribution in [0.2, 0.25) is 0 Å². The third kappa shape index (κ3) is 3.91. The van der Waals surface area contributed by atoms with E-state index in [1.54, 1.807) is 0 Å². The zero-order valence-corrected chi connectivity index (χ0v) is 8.69. The number of anilines is 1. The van der Waals surface area contributed by atoms with Crippen LogP contribution < -0.4 is 10.5 Å². The van der Waals surface area contributed by atoms with Crippen molar-refractivity contribution < 1.29 is 17.9 Å². The average molecular weight is 250 g/mol. The summed E-state index contributed by atoms with van der Waals surface area (Å²) in [6.45, 7) is 0. The second-order valence-electron chi connectivity index (χ2n) is 2.74. The molecule has 0 bridgehead atoms. The van der Waals surface area contributed by atoms with E-state index in [0.29, 0.717) is 5.69 Å². The molecule has 0 fully saturated rings. The van der Waals surface area contributed by atoms with Gasteiger partial charge in [0.1, 0.15) is 5.75 Å². The first kappa shape index (κ1) is 12.5. The highest BCUT2D eigenvalue weighted by molar-refractivity contribution is 6.19. The van der Waals surface area contributed by atoms with E-state index in [9.17, 15) is 13.2 Å². The standard InChI is InChI=1S/C10H7ClF3NO/c11-5-1-2-7-6-8(15)3-4-9(7)16-10(12,13)14/h3-4,6H,5,15H2. The van der Waals surface area contributed by atoms with Crippen molar-refractivity contribution in [2.75, 3.05) is 11.6 Å². The van der Waals surface area contributed by atoms with E-state index in [2.05, 4.69) is 16.6 Å². The monoisotopic (exact) mass is 249 g/mol. The van der Waals surface area contributed by atoms with E-state index in [-0.39, 0.29) is 17.2 Å². The summed E-state index contributed by atoms with van der Waals surface area (Å²) in [5, 5.41) is 0. The summed E-state index contributed by atoms with van der Waals surface area (Å²) in [4.78, 5) is 0. The molecule has 86 valence electrons. The first-order valence-corrected chi connectivity index (χ1v) is 4.66. The van der Waals surface area contributed by atoms with Gasteiger partial charge in [0.15, 0.2) is 0 Å². The molecule has 0 aliphatic carbocycles. The lowest BCUT2D eigenvalue weighted by Gasteiger charge is -2.10. The van der Waals surface area contributed by atoms with Crippen molar-refractivity contribution in [1.29, 1.82) is 0 Å². The number of alkyl halides is 4. The van der Waals surface area contributed by atoms with Crippen LogP contribution in [-0.4, -0.2) is 12.2 Å². The van der Waals surface area contributed by atoms with Crippen molar-refractivity contribution in [2.45, 2.75) is 6.36 Å². The van der Waals surface area contributed by atoms with Crippen molar-refractivity contribution in [3.63, 3.8) is 0 Å². The zero-order chi connectivity index (χ0) is 12.2. The minimum absolute atomic E-state index is 0.0141. The van der Waals surface area contributed by atoms with Gasteiger partial charge in [0.05, 0.1) is 11.4 Å². The van der Waals surface area contributed by atoms with E-state index < -0.39 is 6.36 Å². The Morgan fingerprint density at radius 1 is 1.38 bits per heavy atom. The van der Waals surface area contributed by atoms with Crippen LogP contribution in [0.1, 0.15) is 5.56 Å².